The molecule has 1 saturated heterocycles. The van der Waals surface area contributed by atoms with Crippen molar-refractivity contribution in [3.8, 4) is 0 Å². The van der Waals surface area contributed by atoms with Gasteiger partial charge >= 0.3 is 0 Å². The van der Waals surface area contributed by atoms with Crippen molar-refractivity contribution in [1.82, 2.24) is 10.2 Å². The first-order valence-corrected chi connectivity index (χ1v) is 7.54. The van der Waals surface area contributed by atoms with Crippen molar-refractivity contribution >= 4 is 15.9 Å². The highest BCUT2D eigenvalue weighted by Gasteiger charge is 2.21. The molecule has 1 N–H and O–H groups in total. The van der Waals surface area contributed by atoms with Crippen LogP contribution in [0.1, 0.15) is 30.9 Å². The van der Waals surface area contributed by atoms with E-state index < -0.39 is 0 Å². The van der Waals surface area contributed by atoms with E-state index in [1.54, 1.807) is 0 Å². The van der Waals surface area contributed by atoms with Crippen LogP contribution in [-0.2, 0) is 6.54 Å². The van der Waals surface area contributed by atoms with E-state index in [0.29, 0.717) is 12.1 Å². The summed E-state index contributed by atoms with van der Waals surface area (Å²) in [6, 6.07) is 7.97. The maximum Gasteiger partial charge on any atom is 0.0208 e. The van der Waals surface area contributed by atoms with Gasteiger partial charge in [0, 0.05) is 23.1 Å². The number of likely N-dealkylation sites (tertiary alicyclic amines) is 1. The zero-order chi connectivity index (χ0) is 13.1. The van der Waals surface area contributed by atoms with Crippen molar-refractivity contribution in [2.45, 2.75) is 45.3 Å². The fourth-order valence-electron chi connectivity index (χ4n) is 2.48. The Hall–Kier alpha value is -0.380. The molecule has 0 aromatic heterocycles. The van der Waals surface area contributed by atoms with Crippen molar-refractivity contribution in [3.63, 3.8) is 0 Å². The standard InChI is InChI=1S/C15H23BrN2/c1-11-4-5-13(9-15(11)16)10-17-14-6-7-18(3)12(2)8-14/h4-5,9,12,14,17H,6-8,10H2,1-3H3. The third kappa shape index (κ3) is 3.56. The van der Waals surface area contributed by atoms with Crippen LogP contribution in [0.4, 0.5) is 0 Å². The maximum atomic E-state index is 3.69. The van der Waals surface area contributed by atoms with Crippen LogP contribution in [-0.4, -0.2) is 30.6 Å². The van der Waals surface area contributed by atoms with Gasteiger partial charge in [-0.05, 0) is 57.5 Å². The lowest BCUT2D eigenvalue weighted by atomic mass is 9.98. The number of benzene rings is 1. The zero-order valence-electron chi connectivity index (χ0n) is 11.5. The largest absolute Gasteiger partial charge is 0.310 e. The number of nitrogens with one attached hydrogen (secondary N) is 1. The molecular weight excluding hydrogens is 288 g/mol. The summed E-state index contributed by atoms with van der Waals surface area (Å²) >= 11 is 3.60. The van der Waals surface area contributed by atoms with Crippen LogP contribution in [0.15, 0.2) is 22.7 Å². The van der Waals surface area contributed by atoms with Crippen LogP contribution in [0.25, 0.3) is 0 Å². The smallest absolute Gasteiger partial charge is 0.0208 e. The van der Waals surface area contributed by atoms with E-state index in [2.05, 4.69) is 65.2 Å². The number of aryl methyl sites for hydroxylation is 1. The topological polar surface area (TPSA) is 15.3 Å². The monoisotopic (exact) mass is 310 g/mol. The summed E-state index contributed by atoms with van der Waals surface area (Å²) in [7, 11) is 2.22. The summed E-state index contributed by atoms with van der Waals surface area (Å²) in [5.74, 6) is 0. The van der Waals surface area contributed by atoms with Gasteiger partial charge in [0.05, 0.1) is 0 Å². The highest BCUT2D eigenvalue weighted by Crippen LogP contribution is 2.19. The molecule has 2 unspecified atom stereocenters. The summed E-state index contributed by atoms with van der Waals surface area (Å²) in [5.41, 5.74) is 2.66. The Balaban J connectivity index is 1.86. The van der Waals surface area contributed by atoms with Crippen LogP contribution < -0.4 is 5.32 Å². The lowest BCUT2D eigenvalue weighted by Gasteiger charge is -2.35. The molecule has 1 aromatic carbocycles. The highest BCUT2D eigenvalue weighted by molar-refractivity contribution is 9.10. The van der Waals surface area contributed by atoms with Gasteiger partial charge in [-0.15, -0.1) is 0 Å². The minimum absolute atomic E-state index is 0.663. The molecule has 1 fully saturated rings. The average molecular weight is 311 g/mol. The molecule has 2 atom stereocenters. The minimum atomic E-state index is 0.663. The van der Waals surface area contributed by atoms with E-state index in [0.717, 1.165) is 6.54 Å². The molecule has 0 radical (unpaired) electrons. The second-order valence-corrected chi connectivity index (χ2v) is 6.37. The predicted octanol–water partition coefficient (Wildman–Crippen LogP) is 3.33. The van der Waals surface area contributed by atoms with Crippen LogP contribution in [0.2, 0.25) is 0 Å². The molecule has 18 heavy (non-hydrogen) atoms. The second-order valence-electron chi connectivity index (χ2n) is 5.52. The van der Waals surface area contributed by atoms with E-state index in [-0.39, 0.29) is 0 Å². The summed E-state index contributed by atoms with van der Waals surface area (Å²) in [6.07, 6.45) is 2.51. The first-order valence-electron chi connectivity index (χ1n) is 6.75. The molecule has 0 saturated carbocycles. The van der Waals surface area contributed by atoms with Gasteiger partial charge in [-0.1, -0.05) is 28.1 Å². The van der Waals surface area contributed by atoms with Crippen LogP contribution in [0.3, 0.4) is 0 Å². The van der Waals surface area contributed by atoms with Gasteiger partial charge in [-0.25, -0.2) is 0 Å². The van der Waals surface area contributed by atoms with Gasteiger partial charge < -0.3 is 10.2 Å². The van der Waals surface area contributed by atoms with Crippen molar-refractivity contribution in [1.29, 1.82) is 0 Å². The first kappa shape index (κ1) is 14.0. The van der Waals surface area contributed by atoms with Crippen molar-refractivity contribution in [3.05, 3.63) is 33.8 Å². The number of nitrogens with zero attached hydrogens (tertiary/aromatic N) is 1. The number of hydrogen-bond acceptors (Lipinski definition) is 2. The van der Waals surface area contributed by atoms with Crippen LogP contribution in [0.5, 0.6) is 0 Å². The quantitative estimate of drug-likeness (QED) is 0.921. The Bertz CT molecular complexity index is 405. The van der Waals surface area contributed by atoms with E-state index in [1.165, 1.54) is 35.0 Å². The Kier molecular flexibility index (Phi) is 4.82. The molecule has 1 aliphatic heterocycles. The lowest BCUT2D eigenvalue weighted by Crippen LogP contribution is -2.45. The fourth-order valence-corrected chi connectivity index (χ4v) is 2.91. The molecule has 1 heterocycles. The lowest BCUT2D eigenvalue weighted by molar-refractivity contribution is 0.168. The van der Waals surface area contributed by atoms with Crippen molar-refractivity contribution < 1.29 is 0 Å². The number of rotatable bonds is 3. The Morgan fingerprint density at radius 2 is 2.22 bits per heavy atom. The molecule has 0 aliphatic carbocycles. The third-order valence-electron chi connectivity index (χ3n) is 4.04. The third-order valence-corrected chi connectivity index (χ3v) is 4.89. The van der Waals surface area contributed by atoms with Gasteiger partial charge in [0.15, 0.2) is 0 Å². The molecule has 2 rings (SSSR count). The number of hydrogen-bond donors (Lipinski definition) is 1. The molecule has 0 amide bonds. The van der Waals surface area contributed by atoms with Gasteiger partial charge in [-0.3, -0.25) is 0 Å². The van der Waals surface area contributed by atoms with Crippen molar-refractivity contribution in [2.24, 2.45) is 0 Å². The normalized spacial score (nSPS) is 25.3. The van der Waals surface area contributed by atoms with E-state index in [4.69, 9.17) is 0 Å². The average Bonchev–Trinajstić information content (AvgIpc) is 2.35. The molecule has 3 heteroatoms. The zero-order valence-corrected chi connectivity index (χ0v) is 13.1. The molecule has 2 nitrogen and oxygen atoms in total. The predicted molar refractivity (Wildman–Crippen MR) is 80.8 cm³/mol. The molecular formula is C15H23BrN2. The van der Waals surface area contributed by atoms with E-state index >= 15 is 0 Å². The van der Waals surface area contributed by atoms with Gasteiger partial charge in [0.2, 0.25) is 0 Å². The molecule has 1 aromatic rings. The summed E-state index contributed by atoms with van der Waals surface area (Å²) < 4.78 is 1.21. The van der Waals surface area contributed by atoms with Crippen molar-refractivity contribution in [2.75, 3.05) is 13.6 Å². The Morgan fingerprint density at radius 1 is 1.44 bits per heavy atom. The molecule has 0 spiro atoms. The maximum absolute atomic E-state index is 3.69. The van der Waals surface area contributed by atoms with Gasteiger partial charge in [0.25, 0.3) is 0 Å². The molecule has 0 bridgehead atoms. The summed E-state index contributed by atoms with van der Waals surface area (Å²) in [4.78, 5) is 2.45. The van der Waals surface area contributed by atoms with E-state index in [9.17, 15) is 0 Å². The molecule has 1 aliphatic rings. The highest BCUT2D eigenvalue weighted by atomic mass is 79.9. The van der Waals surface area contributed by atoms with Gasteiger partial charge in [-0.2, -0.15) is 0 Å². The van der Waals surface area contributed by atoms with Crippen LogP contribution in [0, 0.1) is 6.92 Å². The number of piperidine rings is 1. The van der Waals surface area contributed by atoms with E-state index in [1.807, 2.05) is 0 Å². The Morgan fingerprint density at radius 3 is 2.89 bits per heavy atom. The summed E-state index contributed by atoms with van der Waals surface area (Å²) in [5, 5.41) is 3.69. The SMILES string of the molecule is Cc1ccc(CNC2CCN(C)C(C)C2)cc1Br. The summed E-state index contributed by atoms with van der Waals surface area (Å²) in [6.45, 7) is 6.62. The second kappa shape index (κ2) is 6.18. The van der Waals surface area contributed by atoms with Crippen LogP contribution >= 0.6 is 15.9 Å². The molecule has 100 valence electrons. The van der Waals surface area contributed by atoms with Gasteiger partial charge in [0.1, 0.15) is 0 Å². The Labute approximate surface area is 119 Å². The fraction of sp³-hybridized carbons (Fsp3) is 0.600. The first-order chi connectivity index (χ1) is 8.56. The number of halogens is 1. The minimum Gasteiger partial charge on any atom is -0.310 e.